The molecule has 0 aliphatic heterocycles. The summed E-state index contributed by atoms with van der Waals surface area (Å²) in [5.41, 5.74) is 0.230. The van der Waals surface area contributed by atoms with Crippen molar-refractivity contribution >= 4 is 17.5 Å². The van der Waals surface area contributed by atoms with Gasteiger partial charge in [0.05, 0.1) is 5.56 Å². The number of aliphatic hydroxyl groups is 1. The maximum Gasteiger partial charge on any atom is 0.254 e. The Hall–Kier alpha value is -1.13. The Kier molecular flexibility index (Phi) is 4.90. The van der Waals surface area contributed by atoms with E-state index in [0.717, 1.165) is 0 Å². The maximum atomic E-state index is 11.8. The molecule has 1 amide bonds. The molecule has 0 radical (unpaired) electrons. The average Bonchev–Trinajstić information content (AvgIpc) is 2.27. The molecule has 0 fully saturated rings. The standard InChI is InChI=1S/C12H17ClN2O2/c1-12(2,5-7-16)8-15-11(17)9-4-3-6-14-10(9)13/h3-4,6,16H,5,7-8H2,1-2H3,(H,15,17). The van der Waals surface area contributed by atoms with Crippen molar-refractivity contribution in [2.24, 2.45) is 5.41 Å². The summed E-state index contributed by atoms with van der Waals surface area (Å²) in [7, 11) is 0. The maximum absolute atomic E-state index is 11.8. The Bertz CT molecular complexity index is 394. The van der Waals surface area contributed by atoms with Crippen molar-refractivity contribution in [1.82, 2.24) is 10.3 Å². The largest absolute Gasteiger partial charge is 0.396 e. The molecule has 0 bridgehead atoms. The first-order chi connectivity index (χ1) is 7.96. The number of carbonyl (C=O) groups excluding carboxylic acids is 1. The van der Waals surface area contributed by atoms with Crippen LogP contribution in [0, 0.1) is 5.41 Å². The molecule has 0 saturated heterocycles. The van der Waals surface area contributed by atoms with E-state index in [1.807, 2.05) is 13.8 Å². The first-order valence-electron chi connectivity index (χ1n) is 5.46. The molecular formula is C12H17ClN2O2. The minimum atomic E-state index is -0.242. The van der Waals surface area contributed by atoms with Crippen molar-refractivity contribution in [1.29, 1.82) is 0 Å². The van der Waals surface area contributed by atoms with Crippen LogP contribution in [0.5, 0.6) is 0 Å². The third-order valence-electron chi connectivity index (χ3n) is 2.52. The zero-order valence-electron chi connectivity index (χ0n) is 10.0. The van der Waals surface area contributed by atoms with Gasteiger partial charge in [-0.05, 0) is 24.0 Å². The second-order valence-electron chi connectivity index (χ2n) is 4.66. The monoisotopic (exact) mass is 256 g/mol. The summed E-state index contributed by atoms with van der Waals surface area (Å²) in [5.74, 6) is -0.242. The summed E-state index contributed by atoms with van der Waals surface area (Å²) in [6.07, 6.45) is 2.17. The van der Waals surface area contributed by atoms with Gasteiger partial charge in [0.25, 0.3) is 5.91 Å². The zero-order chi connectivity index (χ0) is 12.9. The van der Waals surface area contributed by atoms with Gasteiger partial charge in [0.15, 0.2) is 0 Å². The van der Waals surface area contributed by atoms with E-state index < -0.39 is 0 Å². The third kappa shape index (κ3) is 4.32. The van der Waals surface area contributed by atoms with E-state index in [-0.39, 0.29) is 23.1 Å². The molecule has 1 aromatic rings. The summed E-state index contributed by atoms with van der Waals surface area (Å²) in [4.78, 5) is 15.7. The predicted molar refractivity (Wildman–Crippen MR) is 67.1 cm³/mol. The second-order valence-corrected chi connectivity index (χ2v) is 5.02. The van der Waals surface area contributed by atoms with Crippen LogP contribution in [-0.2, 0) is 0 Å². The number of carbonyl (C=O) groups is 1. The van der Waals surface area contributed by atoms with Gasteiger partial charge in [-0.15, -0.1) is 0 Å². The predicted octanol–water partition coefficient (Wildman–Crippen LogP) is 1.87. The SMILES string of the molecule is CC(C)(CCO)CNC(=O)c1cccnc1Cl. The van der Waals surface area contributed by atoms with Gasteiger partial charge in [0.1, 0.15) is 5.15 Å². The minimum absolute atomic E-state index is 0.108. The van der Waals surface area contributed by atoms with Gasteiger partial charge in [-0.2, -0.15) is 0 Å². The lowest BCUT2D eigenvalue weighted by Crippen LogP contribution is -2.34. The van der Waals surface area contributed by atoms with Crippen LogP contribution in [0.4, 0.5) is 0 Å². The molecule has 0 aliphatic rings. The van der Waals surface area contributed by atoms with Crippen LogP contribution in [-0.4, -0.2) is 29.1 Å². The van der Waals surface area contributed by atoms with Gasteiger partial charge >= 0.3 is 0 Å². The number of nitrogens with zero attached hydrogens (tertiary/aromatic N) is 1. The smallest absolute Gasteiger partial charge is 0.254 e. The number of pyridine rings is 1. The van der Waals surface area contributed by atoms with Crippen LogP contribution < -0.4 is 5.32 Å². The molecule has 1 heterocycles. The average molecular weight is 257 g/mol. The fourth-order valence-corrected chi connectivity index (χ4v) is 1.57. The summed E-state index contributed by atoms with van der Waals surface area (Å²) in [6, 6.07) is 3.30. The number of nitrogens with one attached hydrogen (secondary N) is 1. The van der Waals surface area contributed by atoms with Crippen molar-refractivity contribution in [2.75, 3.05) is 13.2 Å². The number of aromatic nitrogens is 1. The topological polar surface area (TPSA) is 62.2 Å². The normalized spacial score (nSPS) is 11.3. The number of amides is 1. The van der Waals surface area contributed by atoms with E-state index in [0.29, 0.717) is 18.5 Å². The Morgan fingerprint density at radius 1 is 1.59 bits per heavy atom. The van der Waals surface area contributed by atoms with E-state index in [1.54, 1.807) is 12.1 Å². The fourth-order valence-electron chi connectivity index (χ4n) is 1.36. The quantitative estimate of drug-likeness (QED) is 0.791. The third-order valence-corrected chi connectivity index (χ3v) is 2.82. The molecular weight excluding hydrogens is 240 g/mol. The summed E-state index contributed by atoms with van der Waals surface area (Å²) in [5, 5.41) is 11.9. The molecule has 0 spiro atoms. The van der Waals surface area contributed by atoms with Crippen LogP contribution in [0.2, 0.25) is 5.15 Å². The highest BCUT2D eigenvalue weighted by Gasteiger charge is 2.19. The van der Waals surface area contributed by atoms with Crippen LogP contribution in [0.15, 0.2) is 18.3 Å². The molecule has 0 saturated carbocycles. The van der Waals surface area contributed by atoms with Crippen LogP contribution in [0.25, 0.3) is 0 Å². The van der Waals surface area contributed by atoms with Crippen LogP contribution >= 0.6 is 11.6 Å². The highest BCUT2D eigenvalue weighted by atomic mass is 35.5. The number of rotatable bonds is 5. The van der Waals surface area contributed by atoms with Crippen molar-refractivity contribution in [3.8, 4) is 0 Å². The number of hydrogen-bond donors (Lipinski definition) is 2. The summed E-state index contributed by atoms with van der Waals surface area (Å²) in [6.45, 7) is 4.55. The first-order valence-corrected chi connectivity index (χ1v) is 5.84. The molecule has 94 valence electrons. The lowest BCUT2D eigenvalue weighted by Gasteiger charge is -2.23. The van der Waals surface area contributed by atoms with Gasteiger partial charge < -0.3 is 10.4 Å². The molecule has 1 rings (SSSR count). The number of halogens is 1. The molecule has 0 atom stereocenters. The first kappa shape index (κ1) is 13.9. The molecule has 5 heteroatoms. The van der Waals surface area contributed by atoms with E-state index in [9.17, 15) is 4.79 Å². The Morgan fingerprint density at radius 3 is 2.88 bits per heavy atom. The lowest BCUT2D eigenvalue weighted by atomic mass is 9.90. The van der Waals surface area contributed by atoms with Crippen molar-refractivity contribution in [2.45, 2.75) is 20.3 Å². The van der Waals surface area contributed by atoms with E-state index in [1.165, 1.54) is 6.20 Å². The fraction of sp³-hybridized carbons (Fsp3) is 0.500. The molecule has 0 aromatic carbocycles. The summed E-state index contributed by atoms with van der Waals surface area (Å²) < 4.78 is 0. The van der Waals surface area contributed by atoms with Crippen molar-refractivity contribution in [3.05, 3.63) is 29.0 Å². The molecule has 0 aliphatic carbocycles. The van der Waals surface area contributed by atoms with Crippen LogP contribution in [0.3, 0.4) is 0 Å². The van der Waals surface area contributed by atoms with Gasteiger partial charge in [0, 0.05) is 19.3 Å². The Balaban J connectivity index is 2.59. The minimum Gasteiger partial charge on any atom is -0.396 e. The highest BCUT2D eigenvalue weighted by Crippen LogP contribution is 2.18. The van der Waals surface area contributed by atoms with Crippen LogP contribution in [0.1, 0.15) is 30.6 Å². The molecule has 17 heavy (non-hydrogen) atoms. The Labute approximate surface area is 106 Å². The van der Waals surface area contributed by atoms with E-state index >= 15 is 0 Å². The van der Waals surface area contributed by atoms with Gasteiger partial charge in [-0.3, -0.25) is 4.79 Å². The summed E-state index contributed by atoms with van der Waals surface area (Å²) >= 11 is 5.82. The van der Waals surface area contributed by atoms with Gasteiger partial charge in [0.2, 0.25) is 0 Å². The zero-order valence-corrected chi connectivity index (χ0v) is 10.8. The molecule has 4 nitrogen and oxygen atoms in total. The second kappa shape index (κ2) is 5.98. The Morgan fingerprint density at radius 2 is 2.29 bits per heavy atom. The van der Waals surface area contributed by atoms with E-state index in [2.05, 4.69) is 10.3 Å². The van der Waals surface area contributed by atoms with E-state index in [4.69, 9.17) is 16.7 Å². The number of aliphatic hydroxyl groups excluding tert-OH is 1. The molecule has 2 N–H and O–H groups in total. The van der Waals surface area contributed by atoms with Crippen molar-refractivity contribution in [3.63, 3.8) is 0 Å². The molecule has 1 aromatic heterocycles. The lowest BCUT2D eigenvalue weighted by molar-refractivity contribution is 0.0928. The van der Waals surface area contributed by atoms with Crippen molar-refractivity contribution < 1.29 is 9.90 Å². The highest BCUT2D eigenvalue weighted by molar-refractivity contribution is 6.32. The van der Waals surface area contributed by atoms with Gasteiger partial charge in [-0.25, -0.2) is 4.98 Å². The van der Waals surface area contributed by atoms with Gasteiger partial charge in [-0.1, -0.05) is 25.4 Å². The number of hydrogen-bond acceptors (Lipinski definition) is 3. The molecule has 0 unspecified atom stereocenters.